The molecule has 2 heterocycles. The molecule has 144 valence electrons. The van der Waals surface area contributed by atoms with Gasteiger partial charge in [0.25, 0.3) is 0 Å². The zero-order valence-corrected chi connectivity index (χ0v) is 14.7. The maximum absolute atomic E-state index is 13.9. The van der Waals surface area contributed by atoms with Crippen LogP contribution in [0.1, 0.15) is 48.3 Å². The summed E-state index contributed by atoms with van der Waals surface area (Å²) in [6.45, 7) is -12.0. The summed E-state index contributed by atoms with van der Waals surface area (Å²) >= 11 is 0. The molecule has 0 bridgehead atoms. The van der Waals surface area contributed by atoms with E-state index in [0.29, 0.717) is 12.1 Å². The third kappa shape index (κ3) is 3.73. The number of anilines is 1. The van der Waals surface area contributed by atoms with Gasteiger partial charge >= 0.3 is 13.3 Å². The van der Waals surface area contributed by atoms with Gasteiger partial charge in [0.05, 0.1) is 22.2 Å². The summed E-state index contributed by atoms with van der Waals surface area (Å²) < 4.78 is 142. The molecule has 3 rings (SSSR count). The molecule has 0 amide bonds. The molecule has 1 aromatic carbocycles. The van der Waals surface area contributed by atoms with Crippen molar-refractivity contribution in [3.63, 3.8) is 0 Å². The lowest BCUT2D eigenvalue weighted by Crippen LogP contribution is -2.45. The van der Waals surface area contributed by atoms with Crippen molar-refractivity contribution in [1.29, 1.82) is 0 Å². The number of hydrogen-bond donors (Lipinski definition) is 0. The van der Waals surface area contributed by atoms with Crippen LogP contribution in [0.15, 0.2) is 18.2 Å². The lowest BCUT2D eigenvalue weighted by molar-refractivity contribution is -0.137. The van der Waals surface area contributed by atoms with E-state index in [2.05, 4.69) is 0 Å². The van der Waals surface area contributed by atoms with Crippen LogP contribution in [0, 0.1) is 0 Å². The van der Waals surface area contributed by atoms with Gasteiger partial charge in [-0.05, 0) is 52.3 Å². The van der Waals surface area contributed by atoms with Crippen molar-refractivity contribution in [2.75, 3.05) is 37.9 Å². The average molecular weight is 381 g/mol. The second-order valence-electron chi connectivity index (χ2n) is 7.02. The Bertz CT molecular complexity index is 1040. The second kappa shape index (κ2) is 6.42. The molecule has 1 aromatic rings. The van der Waals surface area contributed by atoms with Crippen LogP contribution in [0.5, 0.6) is 0 Å². The van der Waals surface area contributed by atoms with Gasteiger partial charge in [-0.25, -0.2) is 0 Å². The van der Waals surface area contributed by atoms with Gasteiger partial charge < -0.3 is 19.1 Å². The lowest BCUT2D eigenvalue weighted by atomic mass is 9.78. The van der Waals surface area contributed by atoms with Crippen molar-refractivity contribution in [2.24, 2.45) is 0 Å². The molecule has 0 aromatic heterocycles. The first-order valence-corrected chi connectivity index (χ1v) is 7.81. The Morgan fingerprint density at radius 1 is 1.04 bits per heavy atom. The normalized spacial score (nSPS) is 38.0. The van der Waals surface area contributed by atoms with Crippen LogP contribution in [-0.4, -0.2) is 56.2 Å². The molecule has 0 spiro atoms. The average Bonchev–Trinajstić information content (AvgIpc) is 2.85. The lowest BCUT2D eigenvalue weighted by Gasteiger charge is -2.34. The summed E-state index contributed by atoms with van der Waals surface area (Å²) in [6.07, 6.45) is -5.04. The van der Waals surface area contributed by atoms with Crippen molar-refractivity contribution in [2.45, 2.75) is 45.1 Å². The maximum atomic E-state index is 13.9. The van der Waals surface area contributed by atoms with Crippen LogP contribution in [0.3, 0.4) is 0 Å². The number of hydrogen-bond acceptors (Lipinski definition) is 4. The van der Waals surface area contributed by atoms with Crippen LogP contribution >= 0.6 is 0 Å². The molecule has 0 atom stereocenters. The summed E-state index contributed by atoms with van der Waals surface area (Å²) in [7, 11) is -1.42. The maximum Gasteiger partial charge on any atom is 0.494 e. The fraction of sp³-hybridized carbons (Fsp3) is 0.667. The Hall–Kier alpha value is -1.25. The van der Waals surface area contributed by atoms with Crippen molar-refractivity contribution < 1.29 is 37.6 Å². The van der Waals surface area contributed by atoms with E-state index < -0.39 is 73.6 Å². The summed E-state index contributed by atoms with van der Waals surface area (Å²) in [5.41, 5.74) is -4.58. The van der Waals surface area contributed by atoms with Crippen LogP contribution in [-0.2, 0) is 15.5 Å². The van der Waals surface area contributed by atoms with E-state index in [9.17, 15) is 13.2 Å². The minimum Gasteiger partial charge on any atom is -0.399 e. The van der Waals surface area contributed by atoms with Gasteiger partial charge in [-0.15, -0.1) is 0 Å². The van der Waals surface area contributed by atoms with Crippen LogP contribution in [0.25, 0.3) is 0 Å². The number of rotatable bonds is 2. The van der Waals surface area contributed by atoms with Gasteiger partial charge in [-0.3, -0.25) is 0 Å². The zero-order valence-electron chi connectivity index (χ0n) is 25.7. The van der Waals surface area contributed by atoms with Crippen molar-refractivity contribution in [3.8, 4) is 0 Å². The Kier molecular flexibility index (Phi) is 2.42. The van der Waals surface area contributed by atoms with Gasteiger partial charge in [0, 0.05) is 41.3 Å². The van der Waals surface area contributed by atoms with E-state index in [4.69, 9.17) is 24.4 Å². The molecule has 0 N–H and O–H groups in total. The molecule has 26 heavy (non-hydrogen) atoms. The number of halogens is 3. The first kappa shape index (κ1) is 9.80. The highest BCUT2D eigenvalue weighted by atomic mass is 19.4. The number of alkyl halides is 3. The molecule has 0 aliphatic carbocycles. The predicted octanol–water partition coefficient (Wildman–Crippen LogP) is 2.76. The molecular weight excluding hydrogens is 344 g/mol. The van der Waals surface area contributed by atoms with E-state index in [1.807, 2.05) is 0 Å². The van der Waals surface area contributed by atoms with E-state index in [1.54, 1.807) is 27.7 Å². The number of benzene rings is 1. The highest BCUT2D eigenvalue weighted by Crippen LogP contribution is 2.38. The number of likely N-dealkylation sites (N-methyl/N-ethyl adjacent to an activating group) is 1. The fourth-order valence-corrected chi connectivity index (χ4v) is 2.43. The van der Waals surface area contributed by atoms with Crippen LogP contribution in [0.4, 0.5) is 18.9 Å². The van der Waals surface area contributed by atoms with Crippen LogP contribution < -0.4 is 10.4 Å². The van der Waals surface area contributed by atoms with E-state index in [0.717, 1.165) is 6.07 Å². The minimum absolute atomic E-state index is 0.133. The van der Waals surface area contributed by atoms with Gasteiger partial charge in [0.1, 0.15) is 0 Å². The largest absolute Gasteiger partial charge is 0.494 e. The topological polar surface area (TPSA) is 24.9 Å². The zero-order chi connectivity index (χ0) is 29.0. The van der Waals surface area contributed by atoms with Crippen LogP contribution in [0.2, 0.25) is 0 Å². The summed E-state index contributed by atoms with van der Waals surface area (Å²) in [4.78, 5) is -0.682. The molecule has 2 fully saturated rings. The predicted molar refractivity (Wildman–Crippen MR) is 96.9 cm³/mol. The van der Waals surface area contributed by atoms with E-state index in [-0.39, 0.29) is 10.4 Å². The monoisotopic (exact) mass is 381 g/mol. The first-order valence-electron chi connectivity index (χ1n) is 13.3. The molecule has 2 aliphatic heterocycles. The van der Waals surface area contributed by atoms with Crippen molar-refractivity contribution in [3.05, 3.63) is 23.8 Å². The first-order chi connectivity index (χ1) is 16.1. The summed E-state index contributed by atoms with van der Waals surface area (Å²) in [5, 5.41) is 0. The Balaban J connectivity index is 2.30. The Morgan fingerprint density at radius 2 is 1.62 bits per heavy atom. The number of piperazine rings is 1. The molecule has 4 nitrogen and oxygen atoms in total. The van der Waals surface area contributed by atoms with Crippen molar-refractivity contribution >= 4 is 18.3 Å². The Labute approximate surface area is 168 Å². The Morgan fingerprint density at radius 3 is 2.12 bits per heavy atom. The highest BCUT2D eigenvalue weighted by molar-refractivity contribution is 6.62. The SMILES string of the molecule is [2H]C([2H])([2H])N1C([2H])([2H])C([2H])([2H])N(c2cc(B3OC(C)(C)C(C)(C)O3)cc(C(F)(F)F)c2)C([2H])([2H])C1([2H])[2H]. The molecule has 8 heteroatoms. The molecule has 2 aliphatic rings. The van der Waals surface area contributed by atoms with E-state index in [1.165, 1.54) is 0 Å². The van der Waals surface area contributed by atoms with Gasteiger partial charge in [0.2, 0.25) is 0 Å². The summed E-state index contributed by atoms with van der Waals surface area (Å²) in [5.74, 6) is 0. The molecule has 0 radical (unpaired) electrons. The molecule has 0 unspecified atom stereocenters. The van der Waals surface area contributed by atoms with Gasteiger partial charge in [0.15, 0.2) is 0 Å². The van der Waals surface area contributed by atoms with Gasteiger partial charge in [-0.1, -0.05) is 6.07 Å². The quantitative estimate of drug-likeness (QED) is 0.736. The fourth-order valence-electron chi connectivity index (χ4n) is 2.43. The standard InChI is InChI=1S/C18H26BF3N2O2/c1-16(2)17(3,4)26-19(25-16)14-10-13(18(20,21)22)11-15(12-14)24-8-6-23(5)7-9-24/h10-12H,6-9H2,1-5H3/i5D3,6D2,7D2,8D2,9D2. The van der Waals surface area contributed by atoms with Gasteiger partial charge in [-0.2, -0.15) is 13.2 Å². The molecular formula is C18H26BF3N2O2. The summed E-state index contributed by atoms with van der Waals surface area (Å²) in [6, 6.07) is 1.87. The second-order valence-corrected chi connectivity index (χ2v) is 7.02. The third-order valence-electron chi connectivity index (χ3n) is 4.60. The highest BCUT2D eigenvalue weighted by Gasteiger charge is 2.52. The third-order valence-corrected chi connectivity index (χ3v) is 4.60. The smallest absolute Gasteiger partial charge is 0.399 e. The molecule has 0 saturated carbocycles. The van der Waals surface area contributed by atoms with Crippen molar-refractivity contribution in [1.82, 2.24) is 4.90 Å². The number of nitrogens with zero attached hydrogens (tertiary/aromatic N) is 2. The van der Waals surface area contributed by atoms with E-state index >= 15 is 0 Å². The minimum atomic E-state index is -5.04. The molecule has 2 saturated heterocycles.